The third-order valence-electron chi connectivity index (χ3n) is 4.17. The highest BCUT2D eigenvalue weighted by atomic mass is 35.5. The molecule has 1 saturated heterocycles. The molecule has 1 amide bonds. The molecule has 1 unspecified atom stereocenters. The molecule has 1 atom stereocenters. The van der Waals surface area contributed by atoms with Gasteiger partial charge in [-0.3, -0.25) is 9.79 Å². The molecule has 0 aromatic heterocycles. The molecule has 1 saturated carbocycles. The maximum atomic E-state index is 11.9. The maximum absolute atomic E-state index is 11.9. The van der Waals surface area contributed by atoms with Gasteiger partial charge in [-0.05, 0) is 31.0 Å². The van der Waals surface area contributed by atoms with Crippen molar-refractivity contribution >= 4 is 29.2 Å². The SMILES string of the molecule is COc1ccc(NC(N)=NCC2CC(=O)N(C3CC3)C2)cc1Cl. The number of methoxy groups -OCH3 is 1. The van der Waals surface area contributed by atoms with Crippen LogP contribution in [0.15, 0.2) is 23.2 Å². The zero-order chi connectivity index (χ0) is 16.4. The van der Waals surface area contributed by atoms with Gasteiger partial charge >= 0.3 is 0 Å². The number of rotatable bonds is 5. The van der Waals surface area contributed by atoms with Crippen LogP contribution < -0.4 is 15.8 Å². The van der Waals surface area contributed by atoms with E-state index < -0.39 is 0 Å². The minimum atomic E-state index is 0.251. The lowest BCUT2D eigenvalue weighted by Gasteiger charge is -2.14. The second-order valence-corrected chi connectivity index (χ2v) is 6.45. The molecule has 0 spiro atoms. The fourth-order valence-electron chi connectivity index (χ4n) is 2.83. The van der Waals surface area contributed by atoms with Gasteiger partial charge in [0, 0.05) is 37.2 Å². The highest BCUT2D eigenvalue weighted by Crippen LogP contribution is 2.32. The number of carbonyl (C=O) groups excluding carboxylic acids is 1. The van der Waals surface area contributed by atoms with Crippen molar-refractivity contribution in [3.8, 4) is 5.75 Å². The maximum Gasteiger partial charge on any atom is 0.223 e. The van der Waals surface area contributed by atoms with E-state index in [9.17, 15) is 4.79 Å². The Kier molecular flexibility index (Phi) is 4.61. The van der Waals surface area contributed by atoms with Crippen molar-refractivity contribution < 1.29 is 9.53 Å². The Labute approximate surface area is 140 Å². The molecule has 3 N–H and O–H groups in total. The first-order valence-electron chi connectivity index (χ1n) is 7.76. The summed E-state index contributed by atoms with van der Waals surface area (Å²) in [6.07, 6.45) is 2.86. The Hall–Kier alpha value is -1.95. The fraction of sp³-hybridized carbons (Fsp3) is 0.500. The number of guanidine groups is 1. The summed E-state index contributed by atoms with van der Waals surface area (Å²) in [5.41, 5.74) is 6.66. The zero-order valence-corrected chi connectivity index (χ0v) is 13.8. The predicted molar refractivity (Wildman–Crippen MR) is 91.0 cm³/mol. The van der Waals surface area contributed by atoms with Gasteiger partial charge in [0.15, 0.2) is 5.96 Å². The summed E-state index contributed by atoms with van der Waals surface area (Å²) in [7, 11) is 1.57. The number of likely N-dealkylation sites (tertiary alicyclic amines) is 1. The standard InChI is InChI=1S/C16H21ClN4O2/c1-23-14-5-2-11(7-13(14)17)20-16(18)19-8-10-6-15(22)21(9-10)12-3-4-12/h2,5,7,10,12H,3-4,6,8-9H2,1H3,(H3,18,19,20). The third kappa shape index (κ3) is 3.88. The van der Waals surface area contributed by atoms with Gasteiger partial charge in [0.1, 0.15) is 5.75 Å². The van der Waals surface area contributed by atoms with Crippen LogP contribution in [0.3, 0.4) is 0 Å². The van der Waals surface area contributed by atoms with Crippen LogP contribution in [0.5, 0.6) is 5.75 Å². The molecule has 1 aliphatic carbocycles. The lowest BCUT2D eigenvalue weighted by molar-refractivity contribution is -0.128. The van der Waals surface area contributed by atoms with Gasteiger partial charge in [-0.2, -0.15) is 0 Å². The van der Waals surface area contributed by atoms with Crippen molar-refractivity contribution in [3.63, 3.8) is 0 Å². The number of hydrogen-bond donors (Lipinski definition) is 2. The first-order valence-corrected chi connectivity index (χ1v) is 8.14. The number of hydrogen-bond acceptors (Lipinski definition) is 3. The predicted octanol–water partition coefficient (Wildman–Crippen LogP) is 2.09. The summed E-state index contributed by atoms with van der Waals surface area (Å²) in [6, 6.07) is 5.80. The Morgan fingerprint density at radius 3 is 2.96 bits per heavy atom. The smallest absolute Gasteiger partial charge is 0.223 e. The average molecular weight is 337 g/mol. The van der Waals surface area contributed by atoms with E-state index in [-0.39, 0.29) is 11.8 Å². The van der Waals surface area contributed by atoms with Crippen LogP contribution in [0, 0.1) is 5.92 Å². The lowest BCUT2D eigenvalue weighted by Crippen LogP contribution is -2.28. The van der Waals surface area contributed by atoms with Crippen molar-refractivity contribution in [1.82, 2.24) is 4.90 Å². The molecular weight excluding hydrogens is 316 g/mol. The number of halogens is 1. The number of nitrogens with zero attached hydrogens (tertiary/aromatic N) is 2. The van der Waals surface area contributed by atoms with E-state index in [0.29, 0.717) is 35.7 Å². The Morgan fingerprint density at radius 2 is 2.30 bits per heavy atom. The molecular formula is C16H21ClN4O2. The number of amides is 1. The molecule has 1 aliphatic heterocycles. The monoisotopic (exact) mass is 336 g/mol. The van der Waals surface area contributed by atoms with Crippen LogP contribution in [-0.4, -0.2) is 43.0 Å². The largest absolute Gasteiger partial charge is 0.495 e. The highest BCUT2D eigenvalue weighted by Gasteiger charge is 2.39. The minimum absolute atomic E-state index is 0.251. The van der Waals surface area contributed by atoms with Crippen molar-refractivity contribution in [2.45, 2.75) is 25.3 Å². The first-order chi connectivity index (χ1) is 11.1. The highest BCUT2D eigenvalue weighted by molar-refractivity contribution is 6.32. The lowest BCUT2D eigenvalue weighted by atomic mass is 10.1. The molecule has 1 aromatic rings. The topological polar surface area (TPSA) is 80.0 Å². The van der Waals surface area contributed by atoms with Gasteiger partial charge in [0.2, 0.25) is 5.91 Å². The van der Waals surface area contributed by atoms with E-state index in [0.717, 1.165) is 25.1 Å². The normalized spacial score (nSPS) is 21.7. The van der Waals surface area contributed by atoms with Gasteiger partial charge in [-0.1, -0.05) is 11.6 Å². The van der Waals surface area contributed by atoms with Crippen LogP contribution >= 0.6 is 11.6 Å². The first kappa shape index (κ1) is 15.9. The van der Waals surface area contributed by atoms with Crippen molar-refractivity contribution in [3.05, 3.63) is 23.2 Å². The number of nitrogens with two attached hydrogens (primary N) is 1. The fourth-order valence-corrected chi connectivity index (χ4v) is 3.09. The van der Waals surface area contributed by atoms with E-state index in [4.69, 9.17) is 22.1 Å². The Morgan fingerprint density at radius 1 is 1.52 bits per heavy atom. The summed E-state index contributed by atoms with van der Waals surface area (Å²) in [4.78, 5) is 18.2. The summed E-state index contributed by atoms with van der Waals surface area (Å²) < 4.78 is 5.11. The van der Waals surface area contributed by atoms with Gasteiger partial charge < -0.3 is 20.7 Å². The van der Waals surface area contributed by atoms with E-state index in [1.807, 2.05) is 11.0 Å². The van der Waals surface area contributed by atoms with E-state index in [1.54, 1.807) is 19.2 Å². The zero-order valence-electron chi connectivity index (χ0n) is 13.1. The number of benzene rings is 1. The second kappa shape index (κ2) is 6.66. The summed E-state index contributed by atoms with van der Waals surface area (Å²) in [6.45, 7) is 1.35. The molecule has 1 aromatic carbocycles. The quantitative estimate of drug-likeness (QED) is 0.637. The molecule has 1 heterocycles. The summed E-state index contributed by atoms with van der Waals surface area (Å²) >= 11 is 6.07. The van der Waals surface area contributed by atoms with Gasteiger partial charge in [0.05, 0.1) is 12.1 Å². The van der Waals surface area contributed by atoms with Crippen LogP contribution in [-0.2, 0) is 4.79 Å². The number of anilines is 1. The van der Waals surface area contributed by atoms with E-state index >= 15 is 0 Å². The van der Waals surface area contributed by atoms with E-state index in [2.05, 4.69) is 10.3 Å². The van der Waals surface area contributed by atoms with Gasteiger partial charge in [0.25, 0.3) is 0 Å². The molecule has 0 radical (unpaired) electrons. The second-order valence-electron chi connectivity index (χ2n) is 6.05. The number of nitrogens with one attached hydrogen (secondary N) is 1. The molecule has 6 nitrogen and oxygen atoms in total. The van der Waals surface area contributed by atoms with Gasteiger partial charge in [-0.25, -0.2) is 0 Å². The molecule has 23 heavy (non-hydrogen) atoms. The van der Waals surface area contributed by atoms with Crippen LogP contribution in [0.2, 0.25) is 5.02 Å². The number of carbonyl (C=O) groups is 1. The Bertz CT molecular complexity index is 631. The molecule has 2 fully saturated rings. The molecule has 0 bridgehead atoms. The van der Waals surface area contributed by atoms with Crippen molar-refractivity contribution in [1.29, 1.82) is 0 Å². The molecule has 2 aliphatic rings. The van der Waals surface area contributed by atoms with Crippen LogP contribution in [0.1, 0.15) is 19.3 Å². The third-order valence-corrected chi connectivity index (χ3v) is 4.47. The van der Waals surface area contributed by atoms with E-state index in [1.165, 1.54) is 0 Å². The van der Waals surface area contributed by atoms with Gasteiger partial charge in [-0.15, -0.1) is 0 Å². The van der Waals surface area contributed by atoms with Crippen LogP contribution in [0.4, 0.5) is 5.69 Å². The van der Waals surface area contributed by atoms with Crippen molar-refractivity contribution in [2.24, 2.45) is 16.6 Å². The number of aliphatic imine (C=N–C) groups is 1. The van der Waals surface area contributed by atoms with Crippen molar-refractivity contribution in [2.75, 3.05) is 25.5 Å². The molecule has 7 heteroatoms. The average Bonchev–Trinajstić information content (AvgIpc) is 3.29. The molecule has 3 rings (SSSR count). The number of ether oxygens (including phenoxy) is 1. The Balaban J connectivity index is 1.54. The molecule has 124 valence electrons. The summed E-state index contributed by atoms with van der Waals surface area (Å²) in [5, 5.41) is 3.51. The minimum Gasteiger partial charge on any atom is -0.495 e. The summed E-state index contributed by atoms with van der Waals surface area (Å²) in [5.74, 6) is 1.44. The van der Waals surface area contributed by atoms with Crippen LogP contribution in [0.25, 0.3) is 0 Å².